The van der Waals surface area contributed by atoms with Gasteiger partial charge in [0.25, 0.3) is 5.91 Å². The van der Waals surface area contributed by atoms with Gasteiger partial charge in [-0.15, -0.1) is 0 Å². The van der Waals surface area contributed by atoms with Crippen LogP contribution in [0.5, 0.6) is 0 Å². The summed E-state index contributed by atoms with van der Waals surface area (Å²) in [5.74, 6) is 1.97. The number of nitrogens with one attached hydrogen (secondary N) is 1. The number of imidazole rings is 1. The van der Waals surface area contributed by atoms with Crippen LogP contribution in [0.2, 0.25) is 0 Å². The van der Waals surface area contributed by atoms with Gasteiger partial charge in [-0.2, -0.15) is 11.8 Å². The molecule has 0 saturated heterocycles. The highest BCUT2D eigenvalue weighted by Gasteiger charge is 2.07. The van der Waals surface area contributed by atoms with Crippen LogP contribution in [0.1, 0.15) is 28.2 Å². The predicted octanol–water partition coefficient (Wildman–Crippen LogP) is 4.03. The van der Waals surface area contributed by atoms with Gasteiger partial charge < -0.3 is 9.88 Å². The highest BCUT2D eigenvalue weighted by atomic mass is 32.2. The largest absolute Gasteiger partial charge is 0.352 e. The minimum Gasteiger partial charge on any atom is -0.352 e. The van der Waals surface area contributed by atoms with Crippen LogP contribution in [0.25, 0.3) is 11.0 Å². The molecule has 130 valence electrons. The van der Waals surface area contributed by atoms with Gasteiger partial charge in [-0.25, -0.2) is 4.98 Å². The third-order valence-electron chi connectivity index (χ3n) is 4.22. The molecule has 0 radical (unpaired) electrons. The molecule has 0 unspecified atom stereocenters. The summed E-state index contributed by atoms with van der Waals surface area (Å²) in [7, 11) is 0. The molecule has 1 heterocycles. The highest BCUT2D eigenvalue weighted by molar-refractivity contribution is 7.97. The number of carbonyl (C=O) groups excluding carboxylic acids is 1. The molecular weight excluding hydrogens is 330 g/mol. The zero-order valence-corrected chi connectivity index (χ0v) is 15.5. The van der Waals surface area contributed by atoms with E-state index in [1.165, 1.54) is 5.56 Å². The Kier molecular flexibility index (Phi) is 5.76. The van der Waals surface area contributed by atoms with Crippen molar-refractivity contribution in [1.29, 1.82) is 0 Å². The monoisotopic (exact) mass is 353 g/mol. The first-order chi connectivity index (χ1) is 12.2. The molecular formula is C20H23N3OS. The molecule has 0 saturated carbocycles. The van der Waals surface area contributed by atoms with Crippen molar-refractivity contribution >= 4 is 28.7 Å². The standard InChI is InChI=1S/C20H23N3OS/c1-15-22-18-6-3-4-7-19(18)23(15)13-5-12-21-20(24)17-10-8-16(9-11-17)14-25-2/h3-4,6-11H,5,12-14H2,1-2H3,(H,21,24). The van der Waals surface area contributed by atoms with Crippen LogP contribution in [0.15, 0.2) is 48.5 Å². The summed E-state index contributed by atoms with van der Waals surface area (Å²) in [6, 6.07) is 16.0. The van der Waals surface area contributed by atoms with Gasteiger partial charge in [-0.05, 0) is 49.4 Å². The van der Waals surface area contributed by atoms with Crippen LogP contribution >= 0.6 is 11.8 Å². The molecule has 0 aliphatic rings. The first-order valence-corrected chi connectivity index (χ1v) is 9.86. The number of fused-ring (bicyclic) bond motifs is 1. The second-order valence-corrected chi connectivity index (χ2v) is 6.90. The van der Waals surface area contributed by atoms with Crippen molar-refractivity contribution in [2.45, 2.75) is 25.6 Å². The van der Waals surface area contributed by atoms with E-state index in [1.807, 2.05) is 49.4 Å². The highest BCUT2D eigenvalue weighted by Crippen LogP contribution is 2.15. The number of aryl methyl sites for hydroxylation is 2. The van der Waals surface area contributed by atoms with Gasteiger partial charge in [0.15, 0.2) is 0 Å². The Hall–Kier alpha value is -2.27. The number of thioether (sulfide) groups is 1. The molecule has 0 aliphatic carbocycles. The van der Waals surface area contributed by atoms with E-state index < -0.39 is 0 Å². The third kappa shape index (κ3) is 4.23. The maximum atomic E-state index is 12.2. The normalized spacial score (nSPS) is 11.0. The van der Waals surface area contributed by atoms with Crippen molar-refractivity contribution in [2.75, 3.05) is 12.8 Å². The fourth-order valence-corrected chi connectivity index (χ4v) is 3.46. The van der Waals surface area contributed by atoms with Crippen LogP contribution in [-0.2, 0) is 12.3 Å². The molecule has 5 heteroatoms. The number of para-hydroxylation sites is 2. The number of hydrogen-bond acceptors (Lipinski definition) is 3. The zero-order valence-electron chi connectivity index (χ0n) is 14.7. The van der Waals surface area contributed by atoms with Gasteiger partial charge in [0, 0.05) is 24.4 Å². The van der Waals surface area contributed by atoms with Crippen molar-refractivity contribution in [3.8, 4) is 0 Å². The molecule has 0 aliphatic heterocycles. The first kappa shape index (κ1) is 17.5. The molecule has 25 heavy (non-hydrogen) atoms. The second kappa shape index (κ2) is 8.21. The molecule has 0 fully saturated rings. The van der Waals surface area contributed by atoms with E-state index in [1.54, 1.807) is 11.8 Å². The summed E-state index contributed by atoms with van der Waals surface area (Å²) in [6.45, 7) is 3.52. The van der Waals surface area contributed by atoms with Gasteiger partial charge in [-0.1, -0.05) is 24.3 Å². The molecule has 0 atom stereocenters. The summed E-state index contributed by atoms with van der Waals surface area (Å²) in [6.07, 6.45) is 2.95. The molecule has 0 bridgehead atoms. The van der Waals surface area contributed by atoms with E-state index in [0.29, 0.717) is 12.1 Å². The van der Waals surface area contributed by atoms with Crippen molar-refractivity contribution in [3.05, 3.63) is 65.5 Å². The van der Waals surface area contributed by atoms with Crippen LogP contribution in [0.3, 0.4) is 0 Å². The molecule has 3 rings (SSSR count). The minimum atomic E-state index is -0.0112. The van der Waals surface area contributed by atoms with Crippen LogP contribution in [0, 0.1) is 6.92 Å². The second-order valence-electron chi connectivity index (χ2n) is 6.04. The number of amides is 1. The zero-order chi connectivity index (χ0) is 17.6. The Morgan fingerprint density at radius 3 is 2.68 bits per heavy atom. The summed E-state index contributed by atoms with van der Waals surface area (Å²) >= 11 is 1.78. The van der Waals surface area contributed by atoms with Gasteiger partial charge in [0.2, 0.25) is 0 Å². The average molecular weight is 353 g/mol. The Labute approximate surface area is 152 Å². The summed E-state index contributed by atoms with van der Waals surface area (Å²) in [5.41, 5.74) is 4.13. The maximum absolute atomic E-state index is 12.2. The lowest BCUT2D eigenvalue weighted by molar-refractivity contribution is 0.0953. The predicted molar refractivity (Wildman–Crippen MR) is 105 cm³/mol. The third-order valence-corrected chi connectivity index (χ3v) is 4.84. The van der Waals surface area contributed by atoms with E-state index in [4.69, 9.17) is 0 Å². The van der Waals surface area contributed by atoms with E-state index in [-0.39, 0.29) is 5.91 Å². The number of rotatable bonds is 7. The minimum absolute atomic E-state index is 0.0112. The molecule has 1 amide bonds. The van der Waals surface area contributed by atoms with Crippen molar-refractivity contribution in [1.82, 2.24) is 14.9 Å². The lowest BCUT2D eigenvalue weighted by Gasteiger charge is -2.09. The maximum Gasteiger partial charge on any atom is 0.251 e. The van der Waals surface area contributed by atoms with Gasteiger partial charge in [-0.3, -0.25) is 4.79 Å². The Balaban J connectivity index is 1.52. The fourth-order valence-electron chi connectivity index (χ4n) is 2.94. The summed E-state index contributed by atoms with van der Waals surface area (Å²) < 4.78 is 2.21. The Morgan fingerprint density at radius 1 is 1.16 bits per heavy atom. The number of aromatic nitrogens is 2. The molecule has 4 nitrogen and oxygen atoms in total. The van der Waals surface area contributed by atoms with E-state index >= 15 is 0 Å². The quantitative estimate of drug-likeness (QED) is 0.653. The van der Waals surface area contributed by atoms with Gasteiger partial charge in [0.05, 0.1) is 11.0 Å². The molecule has 1 N–H and O–H groups in total. The number of nitrogens with zero attached hydrogens (tertiary/aromatic N) is 2. The summed E-state index contributed by atoms with van der Waals surface area (Å²) in [5, 5.41) is 3.00. The summed E-state index contributed by atoms with van der Waals surface area (Å²) in [4.78, 5) is 16.8. The van der Waals surface area contributed by atoms with Crippen molar-refractivity contribution < 1.29 is 4.79 Å². The van der Waals surface area contributed by atoms with E-state index in [2.05, 4.69) is 27.2 Å². The van der Waals surface area contributed by atoms with E-state index in [0.717, 1.165) is 35.6 Å². The SMILES string of the molecule is CSCc1ccc(C(=O)NCCCn2c(C)nc3ccccc32)cc1. The van der Waals surface area contributed by atoms with Crippen LogP contribution in [-0.4, -0.2) is 28.3 Å². The molecule has 2 aromatic carbocycles. The molecule has 0 spiro atoms. The Morgan fingerprint density at radius 2 is 1.92 bits per heavy atom. The lowest BCUT2D eigenvalue weighted by atomic mass is 10.1. The van der Waals surface area contributed by atoms with Gasteiger partial charge >= 0.3 is 0 Å². The average Bonchev–Trinajstić information content (AvgIpc) is 2.95. The fraction of sp³-hybridized carbons (Fsp3) is 0.300. The van der Waals surface area contributed by atoms with Crippen LogP contribution in [0.4, 0.5) is 0 Å². The number of hydrogen-bond donors (Lipinski definition) is 1. The van der Waals surface area contributed by atoms with Crippen LogP contribution < -0.4 is 5.32 Å². The lowest BCUT2D eigenvalue weighted by Crippen LogP contribution is -2.25. The van der Waals surface area contributed by atoms with Gasteiger partial charge in [0.1, 0.15) is 5.82 Å². The Bertz CT molecular complexity index is 855. The smallest absolute Gasteiger partial charge is 0.251 e. The molecule has 1 aromatic heterocycles. The number of benzene rings is 2. The molecule has 3 aromatic rings. The van der Waals surface area contributed by atoms with Crippen molar-refractivity contribution in [2.24, 2.45) is 0 Å². The topological polar surface area (TPSA) is 46.9 Å². The van der Waals surface area contributed by atoms with Crippen molar-refractivity contribution in [3.63, 3.8) is 0 Å². The number of carbonyl (C=O) groups is 1. The first-order valence-electron chi connectivity index (χ1n) is 8.47. The van der Waals surface area contributed by atoms with E-state index in [9.17, 15) is 4.79 Å².